The summed E-state index contributed by atoms with van der Waals surface area (Å²) in [6.45, 7) is 5.00. The van der Waals surface area contributed by atoms with Gasteiger partial charge in [-0.15, -0.1) is 0 Å². The molecule has 4 rings (SSSR count). The van der Waals surface area contributed by atoms with Crippen molar-refractivity contribution in [1.29, 1.82) is 0 Å². The molecule has 2 aromatic rings. The third-order valence-corrected chi connectivity index (χ3v) is 6.65. The van der Waals surface area contributed by atoms with Crippen molar-refractivity contribution in [1.82, 2.24) is 10.2 Å². The molecule has 0 saturated carbocycles. The Kier molecular flexibility index (Phi) is 9.62. The summed E-state index contributed by atoms with van der Waals surface area (Å²) in [7, 11) is 0. The third-order valence-electron chi connectivity index (χ3n) is 6.21. The SMILES string of the molecule is O=C(COc1ccc(N2C[C@@H](C(=O)NCCCN3CCOCC3)CC2=O)cc1)Nc1cc(Cl)cc(Cl)c1. The summed E-state index contributed by atoms with van der Waals surface area (Å²) < 4.78 is 10.9. The first-order valence-electron chi connectivity index (χ1n) is 12.2. The summed E-state index contributed by atoms with van der Waals surface area (Å²) in [6, 6.07) is 11.6. The zero-order valence-corrected chi connectivity index (χ0v) is 21.9. The Morgan fingerprint density at radius 3 is 2.46 bits per heavy atom. The maximum atomic E-state index is 12.6. The average molecular weight is 549 g/mol. The second kappa shape index (κ2) is 13.1. The lowest BCUT2D eigenvalue weighted by molar-refractivity contribution is -0.126. The van der Waals surface area contributed by atoms with E-state index in [1.807, 2.05) is 0 Å². The largest absolute Gasteiger partial charge is 0.484 e. The topological polar surface area (TPSA) is 100 Å². The van der Waals surface area contributed by atoms with Crippen molar-refractivity contribution in [2.24, 2.45) is 5.92 Å². The molecule has 0 unspecified atom stereocenters. The van der Waals surface area contributed by atoms with Gasteiger partial charge in [0.1, 0.15) is 5.75 Å². The fourth-order valence-corrected chi connectivity index (χ4v) is 4.84. The average Bonchev–Trinajstić information content (AvgIpc) is 3.27. The van der Waals surface area contributed by atoms with E-state index in [4.69, 9.17) is 32.7 Å². The highest BCUT2D eigenvalue weighted by molar-refractivity contribution is 6.35. The number of nitrogens with one attached hydrogen (secondary N) is 2. The summed E-state index contributed by atoms with van der Waals surface area (Å²) in [6.07, 6.45) is 1.05. The molecule has 1 atom stereocenters. The van der Waals surface area contributed by atoms with Crippen LogP contribution in [0.1, 0.15) is 12.8 Å². The number of carbonyl (C=O) groups is 3. The first-order chi connectivity index (χ1) is 17.9. The van der Waals surface area contributed by atoms with E-state index in [2.05, 4.69) is 15.5 Å². The number of ether oxygens (including phenoxy) is 2. The van der Waals surface area contributed by atoms with Crippen LogP contribution in [0.3, 0.4) is 0 Å². The maximum absolute atomic E-state index is 12.6. The van der Waals surface area contributed by atoms with Crippen LogP contribution in [0.25, 0.3) is 0 Å². The highest BCUT2D eigenvalue weighted by atomic mass is 35.5. The molecule has 0 spiro atoms. The van der Waals surface area contributed by atoms with Crippen LogP contribution in [0.5, 0.6) is 5.75 Å². The molecule has 37 heavy (non-hydrogen) atoms. The summed E-state index contributed by atoms with van der Waals surface area (Å²) in [5, 5.41) is 6.48. The molecule has 9 nitrogen and oxygen atoms in total. The van der Waals surface area contributed by atoms with Crippen LogP contribution in [0, 0.1) is 5.92 Å². The summed E-state index contributed by atoms with van der Waals surface area (Å²) in [5.41, 5.74) is 1.16. The standard InChI is InChI=1S/C26H30Cl2N4O5/c27-19-13-20(28)15-21(14-19)30-24(33)17-37-23-4-2-22(3-5-23)32-16-18(12-25(32)34)26(35)29-6-1-7-31-8-10-36-11-9-31/h2-5,13-15,18H,1,6-12,16-17H2,(H,29,35)(H,30,33)/t18-/m0/s1. The molecular formula is C26H30Cl2N4O5. The molecule has 11 heteroatoms. The second-order valence-electron chi connectivity index (χ2n) is 8.99. The van der Waals surface area contributed by atoms with Crippen molar-refractivity contribution >= 4 is 52.3 Å². The maximum Gasteiger partial charge on any atom is 0.262 e. The van der Waals surface area contributed by atoms with Crippen LogP contribution >= 0.6 is 23.2 Å². The fourth-order valence-electron chi connectivity index (χ4n) is 4.31. The number of hydrogen-bond acceptors (Lipinski definition) is 6. The van der Waals surface area contributed by atoms with Crippen molar-refractivity contribution in [3.63, 3.8) is 0 Å². The van der Waals surface area contributed by atoms with Gasteiger partial charge in [0.25, 0.3) is 5.91 Å². The highest BCUT2D eigenvalue weighted by Crippen LogP contribution is 2.27. The normalized spacial score (nSPS) is 18.1. The minimum atomic E-state index is -0.379. The van der Waals surface area contributed by atoms with Gasteiger partial charge in [-0.05, 0) is 55.4 Å². The third kappa shape index (κ3) is 8.07. The van der Waals surface area contributed by atoms with Gasteiger partial charge in [-0.3, -0.25) is 19.3 Å². The van der Waals surface area contributed by atoms with Crippen molar-refractivity contribution in [3.8, 4) is 5.75 Å². The number of hydrogen-bond donors (Lipinski definition) is 2. The van der Waals surface area contributed by atoms with Crippen LogP contribution < -0.4 is 20.3 Å². The van der Waals surface area contributed by atoms with E-state index in [0.29, 0.717) is 40.3 Å². The molecule has 2 aliphatic heterocycles. The minimum Gasteiger partial charge on any atom is -0.484 e. The zero-order chi connectivity index (χ0) is 26.2. The molecule has 2 heterocycles. The predicted octanol–water partition coefficient (Wildman–Crippen LogP) is 3.20. The van der Waals surface area contributed by atoms with E-state index in [0.717, 1.165) is 39.3 Å². The Morgan fingerprint density at radius 1 is 1.05 bits per heavy atom. The van der Waals surface area contributed by atoms with Crippen LogP contribution in [-0.2, 0) is 19.1 Å². The van der Waals surface area contributed by atoms with Crippen molar-refractivity contribution in [2.75, 3.05) is 62.8 Å². The van der Waals surface area contributed by atoms with Gasteiger partial charge in [-0.2, -0.15) is 0 Å². The lowest BCUT2D eigenvalue weighted by Gasteiger charge is -2.26. The van der Waals surface area contributed by atoms with Gasteiger partial charge in [0, 0.05) is 54.0 Å². The Morgan fingerprint density at radius 2 is 1.76 bits per heavy atom. The minimum absolute atomic E-state index is 0.0928. The van der Waals surface area contributed by atoms with Gasteiger partial charge < -0.3 is 25.0 Å². The Hall–Kier alpha value is -2.85. The summed E-state index contributed by atoms with van der Waals surface area (Å²) in [4.78, 5) is 41.3. The number of halogens is 2. The molecular weight excluding hydrogens is 519 g/mol. The molecule has 2 fully saturated rings. The molecule has 0 aromatic heterocycles. The first-order valence-corrected chi connectivity index (χ1v) is 13.0. The number of carbonyl (C=O) groups excluding carboxylic acids is 3. The van der Waals surface area contributed by atoms with Crippen LogP contribution in [0.4, 0.5) is 11.4 Å². The summed E-state index contributed by atoms with van der Waals surface area (Å²) >= 11 is 11.9. The second-order valence-corrected chi connectivity index (χ2v) is 9.87. The lowest BCUT2D eigenvalue weighted by atomic mass is 10.1. The molecule has 198 valence electrons. The molecule has 0 aliphatic carbocycles. The van der Waals surface area contributed by atoms with Crippen LogP contribution in [0.2, 0.25) is 10.0 Å². The fraction of sp³-hybridized carbons (Fsp3) is 0.423. The summed E-state index contributed by atoms with van der Waals surface area (Å²) in [5.74, 6) is -0.456. The van der Waals surface area contributed by atoms with E-state index >= 15 is 0 Å². The van der Waals surface area contributed by atoms with E-state index in [1.54, 1.807) is 47.4 Å². The molecule has 2 saturated heterocycles. The molecule has 2 N–H and O–H groups in total. The van der Waals surface area contributed by atoms with E-state index in [-0.39, 0.29) is 36.7 Å². The predicted molar refractivity (Wildman–Crippen MR) is 142 cm³/mol. The number of anilines is 2. The first kappa shape index (κ1) is 27.2. The van der Waals surface area contributed by atoms with Crippen LogP contribution in [0.15, 0.2) is 42.5 Å². The zero-order valence-electron chi connectivity index (χ0n) is 20.4. The van der Waals surface area contributed by atoms with Crippen molar-refractivity contribution in [2.45, 2.75) is 12.8 Å². The van der Waals surface area contributed by atoms with Gasteiger partial charge >= 0.3 is 0 Å². The number of benzene rings is 2. The van der Waals surface area contributed by atoms with Crippen LogP contribution in [-0.4, -0.2) is 75.2 Å². The molecule has 3 amide bonds. The molecule has 0 radical (unpaired) electrons. The van der Waals surface area contributed by atoms with Gasteiger partial charge in [0.2, 0.25) is 11.8 Å². The van der Waals surface area contributed by atoms with Gasteiger partial charge in [-0.25, -0.2) is 0 Å². The van der Waals surface area contributed by atoms with E-state index in [9.17, 15) is 14.4 Å². The monoisotopic (exact) mass is 548 g/mol. The van der Waals surface area contributed by atoms with Gasteiger partial charge in [-0.1, -0.05) is 23.2 Å². The molecule has 0 bridgehead atoms. The number of nitrogens with zero attached hydrogens (tertiary/aromatic N) is 2. The smallest absolute Gasteiger partial charge is 0.262 e. The Labute approximate surface area is 226 Å². The molecule has 2 aromatic carbocycles. The quantitative estimate of drug-likeness (QED) is 0.442. The highest BCUT2D eigenvalue weighted by Gasteiger charge is 2.35. The van der Waals surface area contributed by atoms with Gasteiger partial charge in [0.05, 0.1) is 19.1 Å². The van der Waals surface area contributed by atoms with E-state index in [1.165, 1.54) is 0 Å². The number of morpholine rings is 1. The Bertz CT molecular complexity index is 1090. The lowest BCUT2D eigenvalue weighted by Crippen LogP contribution is -2.39. The number of rotatable bonds is 10. The Balaban J connectivity index is 1.20. The van der Waals surface area contributed by atoms with Crippen molar-refractivity contribution in [3.05, 3.63) is 52.5 Å². The molecule has 2 aliphatic rings. The number of amides is 3. The van der Waals surface area contributed by atoms with E-state index < -0.39 is 0 Å². The van der Waals surface area contributed by atoms with Gasteiger partial charge in [0.15, 0.2) is 6.61 Å². The van der Waals surface area contributed by atoms with Crippen molar-refractivity contribution < 1.29 is 23.9 Å².